The van der Waals surface area contributed by atoms with E-state index in [1.807, 2.05) is 6.07 Å². The van der Waals surface area contributed by atoms with Crippen LogP contribution < -0.4 is 5.32 Å². The maximum atomic E-state index is 13.3. The van der Waals surface area contributed by atoms with Gasteiger partial charge in [-0.2, -0.15) is 0 Å². The van der Waals surface area contributed by atoms with Crippen molar-refractivity contribution in [3.05, 3.63) is 52.2 Å². The highest BCUT2D eigenvalue weighted by atomic mass is 32.1. The minimum Gasteiger partial charge on any atom is -0.377 e. The summed E-state index contributed by atoms with van der Waals surface area (Å²) in [5.41, 5.74) is 0.647. The van der Waals surface area contributed by atoms with Crippen LogP contribution in [-0.4, -0.2) is 0 Å². The fourth-order valence-electron chi connectivity index (χ4n) is 2.95. The van der Waals surface area contributed by atoms with Gasteiger partial charge in [-0.1, -0.05) is 18.9 Å². The van der Waals surface area contributed by atoms with Crippen molar-refractivity contribution in [2.75, 3.05) is 5.32 Å². The fraction of sp³-hybridized carbons (Fsp3) is 0.375. The van der Waals surface area contributed by atoms with Gasteiger partial charge in [0.1, 0.15) is 0 Å². The average molecular weight is 293 g/mol. The standard InChI is InChI=1S/C16H17F2NS/c17-13-8-7-12(10-14(13)18)19-16(11-4-1-2-5-11)15-6-3-9-20-15/h3,6-11,16,19H,1-2,4-5H2. The maximum absolute atomic E-state index is 13.3. The largest absolute Gasteiger partial charge is 0.377 e. The lowest BCUT2D eigenvalue weighted by Gasteiger charge is -2.25. The van der Waals surface area contributed by atoms with Crippen LogP contribution in [0.3, 0.4) is 0 Å². The number of hydrogen-bond acceptors (Lipinski definition) is 2. The first kappa shape index (κ1) is 13.6. The van der Waals surface area contributed by atoms with Crippen LogP contribution in [0.15, 0.2) is 35.7 Å². The topological polar surface area (TPSA) is 12.0 Å². The van der Waals surface area contributed by atoms with E-state index in [1.54, 1.807) is 17.4 Å². The second-order valence-electron chi connectivity index (χ2n) is 5.31. The summed E-state index contributed by atoms with van der Waals surface area (Å²) in [6, 6.07) is 8.37. The third kappa shape index (κ3) is 2.85. The van der Waals surface area contributed by atoms with Gasteiger partial charge in [0.25, 0.3) is 0 Å². The first-order valence-electron chi connectivity index (χ1n) is 6.99. The number of benzene rings is 1. The predicted octanol–water partition coefficient (Wildman–Crippen LogP) is 5.37. The molecule has 1 aromatic carbocycles. The molecule has 1 aromatic heterocycles. The Morgan fingerprint density at radius 3 is 2.55 bits per heavy atom. The molecular formula is C16H17F2NS. The van der Waals surface area contributed by atoms with Crippen LogP contribution in [-0.2, 0) is 0 Å². The molecule has 1 aliphatic rings. The van der Waals surface area contributed by atoms with Crippen molar-refractivity contribution in [3.8, 4) is 0 Å². The van der Waals surface area contributed by atoms with Crippen LogP contribution in [0.4, 0.5) is 14.5 Å². The molecule has 1 saturated carbocycles. The molecule has 0 spiro atoms. The summed E-state index contributed by atoms with van der Waals surface area (Å²) >= 11 is 1.71. The number of thiophene rings is 1. The van der Waals surface area contributed by atoms with E-state index in [-0.39, 0.29) is 6.04 Å². The van der Waals surface area contributed by atoms with Crippen LogP contribution in [0.5, 0.6) is 0 Å². The lowest BCUT2D eigenvalue weighted by molar-refractivity contribution is 0.474. The Balaban J connectivity index is 1.84. The Hall–Kier alpha value is -1.42. The second kappa shape index (κ2) is 5.92. The van der Waals surface area contributed by atoms with Gasteiger partial charge < -0.3 is 5.32 Å². The Labute approximate surface area is 121 Å². The first-order valence-corrected chi connectivity index (χ1v) is 7.87. The highest BCUT2D eigenvalue weighted by Gasteiger charge is 2.27. The number of rotatable bonds is 4. The molecule has 1 aliphatic carbocycles. The molecule has 1 nitrogen and oxygen atoms in total. The highest BCUT2D eigenvalue weighted by Crippen LogP contribution is 2.39. The van der Waals surface area contributed by atoms with Crippen molar-refractivity contribution >= 4 is 17.0 Å². The Kier molecular flexibility index (Phi) is 4.01. The van der Waals surface area contributed by atoms with Crippen LogP contribution >= 0.6 is 11.3 Å². The van der Waals surface area contributed by atoms with E-state index in [4.69, 9.17) is 0 Å². The molecule has 1 N–H and O–H groups in total. The predicted molar refractivity (Wildman–Crippen MR) is 79.0 cm³/mol. The molecular weight excluding hydrogens is 276 g/mol. The zero-order valence-electron chi connectivity index (χ0n) is 11.1. The quantitative estimate of drug-likeness (QED) is 0.799. The summed E-state index contributed by atoms with van der Waals surface area (Å²) in [4.78, 5) is 1.27. The van der Waals surface area contributed by atoms with Gasteiger partial charge in [0.15, 0.2) is 11.6 Å². The molecule has 0 bridgehead atoms. The molecule has 0 saturated heterocycles. The number of halogens is 2. The second-order valence-corrected chi connectivity index (χ2v) is 6.29. The lowest BCUT2D eigenvalue weighted by atomic mass is 9.96. The van der Waals surface area contributed by atoms with E-state index in [1.165, 1.54) is 42.7 Å². The summed E-state index contributed by atoms with van der Waals surface area (Å²) in [5.74, 6) is -1.03. The summed E-state index contributed by atoms with van der Waals surface area (Å²) in [5, 5.41) is 5.45. The van der Waals surface area contributed by atoms with Crippen LogP contribution in [0.25, 0.3) is 0 Å². The van der Waals surface area contributed by atoms with Crippen LogP contribution in [0, 0.1) is 17.6 Å². The Bertz CT molecular complexity index is 562. The minimum absolute atomic E-state index is 0.197. The Morgan fingerprint density at radius 1 is 1.10 bits per heavy atom. The van der Waals surface area contributed by atoms with Crippen molar-refractivity contribution in [2.45, 2.75) is 31.7 Å². The zero-order valence-corrected chi connectivity index (χ0v) is 11.9. The minimum atomic E-state index is -0.802. The molecule has 2 aromatic rings. The molecule has 0 aliphatic heterocycles. The first-order chi connectivity index (χ1) is 9.74. The van der Waals surface area contributed by atoms with Gasteiger partial charge in [-0.25, -0.2) is 8.78 Å². The third-order valence-corrected chi connectivity index (χ3v) is 4.92. The summed E-state index contributed by atoms with van der Waals surface area (Å²) in [7, 11) is 0. The molecule has 106 valence electrons. The van der Waals surface area contributed by atoms with Crippen LogP contribution in [0.2, 0.25) is 0 Å². The van der Waals surface area contributed by atoms with Gasteiger partial charge in [-0.15, -0.1) is 11.3 Å². The van der Waals surface area contributed by atoms with Gasteiger partial charge in [0.05, 0.1) is 6.04 Å². The van der Waals surface area contributed by atoms with Crippen molar-refractivity contribution in [3.63, 3.8) is 0 Å². The van der Waals surface area contributed by atoms with Gasteiger partial charge in [-0.3, -0.25) is 0 Å². The monoisotopic (exact) mass is 293 g/mol. The molecule has 1 heterocycles. The fourth-order valence-corrected chi connectivity index (χ4v) is 3.82. The van der Waals surface area contributed by atoms with Crippen molar-refractivity contribution < 1.29 is 8.78 Å². The number of hydrogen-bond donors (Lipinski definition) is 1. The molecule has 1 unspecified atom stereocenters. The third-order valence-electron chi connectivity index (χ3n) is 3.96. The van der Waals surface area contributed by atoms with Crippen LogP contribution in [0.1, 0.15) is 36.6 Å². The molecule has 4 heteroatoms. The molecule has 0 radical (unpaired) electrons. The van der Waals surface area contributed by atoms with Gasteiger partial charge >= 0.3 is 0 Å². The van der Waals surface area contributed by atoms with Gasteiger partial charge in [0.2, 0.25) is 0 Å². The van der Waals surface area contributed by atoms with E-state index in [0.717, 1.165) is 0 Å². The Morgan fingerprint density at radius 2 is 1.90 bits per heavy atom. The maximum Gasteiger partial charge on any atom is 0.160 e. The number of anilines is 1. The van der Waals surface area contributed by atoms with Gasteiger partial charge in [0, 0.05) is 16.6 Å². The van der Waals surface area contributed by atoms with E-state index in [2.05, 4.69) is 16.8 Å². The van der Waals surface area contributed by atoms with E-state index in [0.29, 0.717) is 11.6 Å². The van der Waals surface area contributed by atoms with E-state index >= 15 is 0 Å². The van der Waals surface area contributed by atoms with E-state index in [9.17, 15) is 8.78 Å². The normalized spacial score (nSPS) is 17.3. The molecule has 0 amide bonds. The zero-order chi connectivity index (χ0) is 13.9. The summed E-state index contributed by atoms with van der Waals surface area (Å²) in [6.45, 7) is 0. The number of nitrogens with one attached hydrogen (secondary N) is 1. The smallest absolute Gasteiger partial charge is 0.160 e. The average Bonchev–Trinajstić information content (AvgIpc) is 3.12. The SMILES string of the molecule is Fc1ccc(NC(c2cccs2)C2CCCC2)cc1F. The summed E-state index contributed by atoms with van der Waals surface area (Å²) < 4.78 is 26.3. The van der Waals surface area contributed by atoms with Crippen molar-refractivity contribution in [1.82, 2.24) is 0 Å². The van der Waals surface area contributed by atoms with Crippen molar-refractivity contribution in [2.24, 2.45) is 5.92 Å². The van der Waals surface area contributed by atoms with E-state index < -0.39 is 11.6 Å². The lowest BCUT2D eigenvalue weighted by Crippen LogP contribution is -2.18. The molecule has 1 fully saturated rings. The highest BCUT2D eigenvalue weighted by molar-refractivity contribution is 7.10. The summed E-state index contributed by atoms with van der Waals surface area (Å²) in [6.07, 6.45) is 4.90. The van der Waals surface area contributed by atoms with Gasteiger partial charge in [-0.05, 0) is 42.3 Å². The molecule has 3 rings (SSSR count). The molecule has 20 heavy (non-hydrogen) atoms. The van der Waals surface area contributed by atoms with Crippen molar-refractivity contribution in [1.29, 1.82) is 0 Å². The molecule has 1 atom stereocenters.